The number of para-hydroxylation sites is 1. The van der Waals surface area contributed by atoms with E-state index in [0.717, 1.165) is 5.56 Å². The van der Waals surface area contributed by atoms with Crippen molar-refractivity contribution in [2.75, 3.05) is 6.79 Å². The highest BCUT2D eigenvalue weighted by atomic mass is 16.7. The molecule has 6 heteroatoms. The Labute approximate surface area is 121 Å². The first-order chi connectivity index (χ1) is 10.2. The molecule has 0 amide bonds. The predicted octanol–water partition coefficient (Wildman–Crippen LogP) is 2.61. The second-order valence-electron chi connectivity index (χ2n) is 4.55. The first-order valence-electron chi connectivity index (χ1n) is 6.34. The van der Waals surface area contributed by atoms with Gasteiger partial charge in [0.05, 0.1) is 5.56 Å². The molecule has 2 aromatic rings. The van der Waals surface area contributed by atoms with Gasteiger partial charge in [0, 0.05) is 6.07 Å². The number of fused-ring (bicyclic) bond motifs is 1. The second-order valence-corrected chi connectivity index (χ2v) is 4.55. The maximum absolute atomic E-state index is 8.87. The van der Waals surface area contributed by atoms with E-state index in [0.29, 0.717) is 28.6 Å². The Morgan fingerprint density at radius 1 is 1.24 bits per heavy atom. The number of nitrogens with two attached hydrogens (primary N) is 1. The molecule has 0 spiro atoms. The Morgan fingerprint density at radius 3 is 2.86 bits per heavy atom. The van der Waals surface area contributed by atoms with Gasteiger partial charge in [-0.1, -0.05) is 17.3 Å². The SMILES string of the molecule is Cc1cccc(/C(N)=N/O)c1Oc1ccc2c(c1)OCO2. The third-order valence-corrected chi connectivity index (χ3v) is 3.16. The quantitative estimate of drug-likeness (QED) is 0.392. The molecule has 3 rings (SSSR count). The maximum Gasteiger partial charge on any atom is 0.231 e. The Bertz CT molecular complexity index is 713. The molecule has 1 aliphatic heterocycles. The van der Waals surface area contributed by atoms with Gasteiger partial charge < -0.3 is 25.2 Å². The fraction of sp³-hybridized carbons (Fsp3) is 0.133. The number of amidine groups is 1. The van der Waals surface area contributed by atoms with Crippen LogP contribution in [0.2, 0.25) is 0 Å². The summed E-state index contributed by atoms with van der Waals surface area (Å²) in [7, 11) is 0. The maximum atomic E-state index is 8.87. The average Bonchev–Trinajstić information content (AvgIpc) is 2.96. The van der Waals surface area contributed by atoms with E-state index in [1.807, 2.05) is 19.1 Å². The van der Waals surface area contributed by atoms with Gasteiger partial charge in [-0.25, -0.2) is 0 Å². The fourth-order valence-electron chi connectivity index (χ4n) is 2.10. The largest absolute Gasteiger partial charge is 0.456 e. The van der Waals surface area contributed by atoms with Crippen molar-refractivity contribution in [3.05, 3.63) is 47.5 Å². The van der Waals surface area contributed by atoms with E-state index in [1.165, 1.54) is 0 Å². The van der Waals surface area contributed by atoms with Crippen LogP contribution in [0.25, 0.3) is 0 Å². The molecule has 0 unspecified atom stereocenters. The molecular weight excluding hydrogens is 272 g/mol. The van der Waals surface area contributed by atoms with E-state index in [2.05, 4.69) is 5.16 Å². The molecule has 1 heterocycles. The Hall–Kier alpha value is -2.89. The number of aryl methyl sites for hydroxylation is 1. The van der Waals surface area contributed by atoms with Crippen molar-refractivity contribution in [1.29, 1.82) is 0 Å². The van der Waals surface area contributed by atoms with Crippen molar-refractivity contribution in [3.8, 4) is 23.0 Å². The smallest absolute Gasteiger partial charge is 0.231 e. The van der Waals surface area contributed by atoms with Crippen LogP contribution < -0.4 is 19.9 Å². The van der Waals surface area contributed by atoms with Crippen LogP contribution in [0.15, 0.2) is 41.6 Å². The molecule has 0 fully saturated rings. The summed E-state index contributed by atoms with van der Waals surface area (Å²) in [6, 6.07) is 10.7. The topological polar surface area (TPSA) is 86.3 Å². The van der Waals surface area contributed by atoms with Crippen molar-refractivity contribution in [2.24, 2.45) is 10.9 Å². The molecule has 0 aromatic heterocycles. The molecule has 2 aromatic carbocycles. The van der Waals surface area contributed by atoms with Gasteiger partial charge in [0.1, 0.15) is 11.5 Å². The minimum atomic E-state index is -0.00515. The summed E-state index contributed by atoms with van der Waals surface area (Å²) in [5.41, 5.74) is 7.08. The van der Waals surface area contributed by atoms with E-state index < -0.39 is 0 Å². The van der Waals surface area contributed by atoms with E-state index in [-0.39, 0.29) is 12.6 Å². The number of rotatable bonds is 3. The lowest BCUT2D eigenvalue weighted by Crippen LogP contribution is -2.14. The van der Waals surface area contributed by atoms with E-state index in [9.17, 15) is 0 Å². The van der Waals surface area contributed by atoms with Gasteiger partial charge in [0.25, 0.3) is 0 Å². The minimum Gasteiger partial charge on any atom is -0.456 e. The van der Waals surface area contributed by atoms with Crippen LogP contribution in [0.4, 0.5) is 0 Å². The van der Waals surface area contributed by atoms with Gasteiger partial charge in [0.15, 0.2) is 17.3 Å². The number of nitrogens with zero attached hydrogens (tertiary/aromatic N) is 1. The third kappa shape index (κ3) is 2.43. The highest BCUT2D eigenvalue weighted by molar-refractivity contribution is 6.00. The number of hydrogen-bond acceptors (Lipinski definition) is 5. The van der Waals surface area contributed by atoms with E-state index in [4.69, 9.17) is 25.2 Å². The van der Waals surface area contributed by atoms with Gasteiger partial charge in [-0.15, -0.1) is 0 Å². The standard InChI is InChI=1S/C15H14N2O4/c1-9-3-2-4-11(15(16)17-18)14(9)21-10-5-6-12-13(7-10)20-8-19-12/h2-7,18H,8H2,1H3,(H2,16,17). The number of ether oxygens (including phenoxy) is 3. The first kappa shape index (κ1) is 13.1. The van der Waals surface area contributed by atoms with Gasteiger partial charge in [-0.05, 0) is 30.7 Å². The van der Waals surface area contributed by atoms with Crippen molar-refractivity contribution in [2.45, 2.75) is 6.92 Å². The van der Waals surface area contributed by atoms with Crippen LogP contribution in [0.3, 0.4) is 0 Å². The molecular formula is C15H14N2O4. The van der Waals surface area contributed by atoms with E-state index in [1.54, 1.807) is 24.3 Å². The summed E-state index contributed by atoms with van der Waals surface area (Å²) < 4.78 is 16.5. The van der Waals surface area contributed by atoms with Crippen LogP contribution >= 0.6 is 0 Å². The van der Waals surface area contributed by atoms with Gasteiger partial charge >= 0.3 is 0 Å². The predicted molar refractivity (Wildman–Crippen MR) is 76.3 cm³/mol. The third-order valence-electron chi connectivity index (χ3n) is 3.16. The summed E-state index contributed by atoms with van der Waals surface area (Å²) in [5.74, 6) is 2.43. The lowest BCUT2D eigenvalue weighted by Gasteiger charge is -2.13. The number of hydrogen-bond donors (Lipinski definition) is 2. The van der Waals surface area contributed by atoms with Crippen molar-refractivity contribution < 1.29 is 19.4 Å². The molecule has 0 saturated heterocycles. The zero-order valence-electron chi connectivity index (χ0n) is 11.4. The van der Waals surface area contributed by atoms with Crippen LogP contribution in [-0.2, 0) is 0 Å². The monoisotopic (exact) mass is 286 g/mol. The summed E-state index contributed by atoms with van der Waals surface area (Å²) in [6.45, 7) is 2.09. The zero-order chi connectivity index (χ0) is 14.8. The Kier molecular flexibility index (Phi) is 3.27. The first-order valence-corrected chi connectivity index (χ1v) is 6.34. The number of benzene rings is 2. The minimum absolute atomic E-state index is 0.00515. The zero-order valence-corrected chi connectivity index (χ0v) is 11.4. The average molecular weight is 286 g/mol. The van der Waals surface area contributed by atoms with Crippen LogP contribution in [0.5, 0.6) is 23.0 Å². The molecule has 3 N–H and O–H groups in total. The molecule has 0 radical (unpaired) electrons. The number of oxime groups is 1. The molecule has 6 nitrogen and oxygen atoms in total. The van der Waals surface area contributed by atoms with Crippen molar-refractivity contribution in [3.63, 3.8) is 0 Å². The Morgan fingerprint density at radius 2 is 2.05 bits per heavy atom. The summed E-state index contributed by atoms with van der Waals surface area (Å²) in [5, 5.41) is 11.9. The lowest BCUT2D eigenvalue weighted by molar-refractivity contribution is 0.174. The molecule has 21 heavy (non-hydrogen) atoms. The fourth-order valence-corrected chi connectivity index (χ4v) is 2.10. The lowest BCUT2D eigenvalue weighted by atomic mass is 10.1. The van der Waals surface area contributed by atoms with Crippen LogP contribution in [0.1, 0.15) is 11.1 Å². The summed E-state index contributed by atoms with van der Waals surface area (Å²) in [6.07, 6.45) is 0. The molecule has 0 atom stereocenters. The molecule has 0 aliphatic carbocycles. The van der Waals surface area contributed by atoms with Crippen LogP contribution in [0, 0.1) is 6.92 Å². The summed E-state index contributed by atoms with van der Waals surface area (Å²) in [4.78, 5) is 0. The van der Waals surface area contributed by atoms with Crippen molar-refractivity contribution >= 4 is 5.84 Å². The highest BCUT2D eigenvalue weighted by Gasteiger charge is 2.16. The second kappa shape index (κ2) is 5.24. The van der Waals surface area contributed by atoms with Gasteiger partial charge in [0.2, 0.25) is 6.79 Å². The summed E-state index contributed by atoms with van der Waals surface area (Å²) >= 11 is 0. The molecule has 1 aliphatic rings. The molecule has 0 saturated carbocycles. The normalized spacial score (nSPS) is 13.3. The van der Waals surface area contributed by atoms with E-state index >= 15 is 0 Å². The highest BCUT2D eigenvalue weighted by Crippen LogP contribution is 2.37. The van der Waals surface area contributed by atoms with Gasteiger partial charge in [-0.3, -0.25) is 0 Å². The van der Waals surface area contributed by atoms with Crippen LogP contribution in [-0.4, -0.2) is 17.8 Å². The Balaban J connectivity index is 1.98. The van der Waals surface area contributed by atoms with Crippen molar-refractivity contribution in [1.82, 2.24) is 0 Å². The molecule has 0 bridgehead atoms. The molecule has 108 valence electrons. The van der Waals surface area contributed by atoms with Gasteiger partial charge in [-0.2, -0.15) is 0 Å².